The highest BCUT2D eigenvalue weighted by atomic mass is 16.3. The molecule has 0 aromatic heterocycles. The molecular weight excluding hydrogens is 218 g/mol. The standard InChI is InChI=1S/C13H19NO3/c1-4-13(3,17)8-14-12(16)10-5-6-11(15)9(2)7-10/h5-7,15,17H,4,8H2,1-3H3,(H,14,16). The molecule has 17 heavy (non-hydrogen) atoms. The second-order valence-electron chi connectivity index (χ2n) is 4.53. The van der Waals surface area contributed by atoms with Gasteiger partial charge < -0.3 is 15.5 Å². The molecule has 1 atom stereocenters. The minimum atomic E-state index is -0.887. The number of amides is 1. The first kappa shape index (κ1) is 13.5. The fraction of sp³-hybridized carbons (Fsp3) is 0.462. The number of aliphatic hydroxyl groups is 1. The molecule has 0 bridgehead atoms. The van der Waals surface area contributed by atoms with Crippen molar-refractivity contribution in [3.63, 3.8) is 0 Å². The number of hydrogen-bond donors (Lipinski definition) is 3. The molecule has 0 aliphatic rings. The highest BCUT2D eigenvalue weighted by Gasteiger charge is 2.18. The Bertz CT molecular complexity index is 413. The zero-order valence-electron chi connectivity index (χ0n) is 10.4. The van der Waals surface area contributed by atoms with E-state index >= 15 is 0 Å². The van der Waals surface area contributed by atoms with Gasteiger partial charge in [-0.05, 0) is 44.0 Å². The van der Waals surface area contributed by atoms with Gasteiger partial charge in [0.05, 0.1) is 5.60 Å². The van der Waals surface area contributed by atoms with Crippen molar-refractivity contribution in [2.75, 3.05) is 6.54 Å². The average molecular weight is 237 g/mol. The number of rotatable bonds is 4. The Morgan fingerprint density at radius 2 is 2.12 bits per heavy atom. The molecule has 3 N–H and O–H groups in total. The van der Waals surface area contributed by atoms with Gasteiger partial charge in [-0.3, -0.25) is 4.79 Å². The minimum absolute atomic E-state index is 0.169. The molecule has 1 aromatic rings. The zero-order valence-corrected chi connectivity index (χ0v) is 10.4. The smallest absolute Gasteiger partial charge is 0.251 e. The van der Waals surface area contributed by atoms with Gasteiger partial charge in [0.25, 0.3) is 5.91 Å². The molecule has 1 rings (SSSR count). The maximum absolute atomic E-state index is 11.8. The Hall–Kier alpha value is -1.55. The second-order valence-corrected chi connectivity index (χ2v) is 4.53. The second kappa shape index (κ2) is 5.19. The normalized spacial score (nSPS) is 14.1. The van der Waals surface area contributed by atoms with Gasteiger partial charge in [-0.2, -0.15) is 0 Å². The molecule has 4 nitrogen and oxygen atoms in total. The lowest BCUT2D eigenvalue weighted by atomic mass is 10.0. The number of aryl methyl sites for hydroxylation is 1. The van der Waals surface area contributed by atoms with Crippen LogP contribution in [-0.2, 0) is 0 Å². The molecule has 0 heterocycles. The Morgan fingerprint density at radius 1 is 1.47 bits per heavy atom. The van der Waals surface area contributed by atoms with Gasteiger partial charge in [0, 0.05) is 12.1 Å². The molecular formula is C13H19NO3. The first-order valence-corrected chi connectivity index (χ1v) is 5.66. The molecule has 1 amide bonds. The number of benzene rings is 1. The van der Waals surface area contributed by atoms with Gasteiger partial charge >= 0.3 is 0 Å². The summed E-state index contributed by atoms with van der Waals surface area (Å²) in [6, 6.07) is 4.66. The Balaban J connectivity index is 2.68. The molecule has 0 spiro atoms. The Labute approximate surface area is 101 Å². The van der Waals surface area contributed by atoms with Gasteiger partial charge in [-0.15, -0.1) is 0 Å². The topological polar surface area (TPSA) is 69.6 Å². The molecule has 0 radical (unpaired) electrons. The van der Waals surface area contributed by atoms with Crippen molar-refractivity contribution in [1.29, 1.82) is 0 Å². The predicted octanol–water partition coefficient (Wildman–Crippen LogP) is 1.59. The summed E-state index contributed by atoms with van der Waals surface area (Å²) in [5.41, 5.74) is 0.244. The summed E-state index contributed by atoms with van der Waals surface area (Å²) in [6.07, 6.45) is 0.571. The lowest BCUT2D eigenvalue weighted by Gasteiger charge is -2.21. The minimum Gasteiger partial charge on any atom is -0.508 e. The maximum Gasteiger partial charge on any atom is 0.251 e. The summed E-state index contributed by atoms with van der Waals surface area (Å²) >= 11 is 0. The summed E-state index contributed by atoms with van der Waals surface area (Å²) in [7, 11) is 0. The van der Waals surface area contributed by atoms with Crippen molar-refractivity contribution in [3.05, 3.63) is 29.3 Å². The number of phenols is 1. The van der Waals surface area contributed by atoms with E-state index in [1.165, 1.54) is 6.07 Å². The zero-order chi connectivity index (χ0) is 13.1. The van der Waals surface area contributed by atoms with Crippen molar-refractivity contribution in [1.82, 2.24) is 5.32 Å². The number of phenolic OH excluding ortho intramolecular Hbond substituents is 1. The SMILES string of the molecule is CCC(C)(O)CNC(=O)c1ccc(O)c(C)c1. The molecule has 94 valence electrons. The van der Waals surface area contributed by atoms with Crippen LogP contribution in [0.2, 0.25) is 0 Å². The summed E-state index contributed by atoms with van der Waals surface area (Å²) in [6.45, 7) is 5.47. The molecule has 1 aromatic carbocycles. The summed E-state index contributed by atoms with van der Waals surface area (Å²) in [5.74, 6) is -0.0797. The van der Waals surface area contributed by atoms with Crippen LogP contribution in [0.15, 0.2) is 18.2 Å². The monoisotopic (exact) mass is 237 g/mol. The lowest BCUT2D eigenvalue weighted by molar-refractivity contribution is 0.0518. The molecule has 0 saturated carbocycles. The predicted molar refractivity (Wildman–Crippen MR) is 66.1 cm³/mol. The third-order valence-corrected chi connectivity index (χ3v) is 2.85. The Morgan fingerprint density at radius 3 is 2.65 bits per heavy atom. The van der Waals surface area contributed by atoms with E-state index in [9.17, 15) is 15.0 Å². The molecule has 0 saturated heterocycles. The van der Waals surface area contributed by atoms with Gasteiger partial charge in [-0.25, -0.2) is 0 Å². The van der Waals surface area contributed by atoms with Crippen molar-refractivity contribution in [3.8, 4) is 5.75 Å². The van der Waals surface area contributed by atoms with Crippen LogP contribution >= 0.6 is 0 Å². The van der Waals surface area contributed by atoms with Crippen molar-refractivity contribution < 1.29 is 15.0 Å². The largest absolute Gasteiger partial charge is 0.508 e. The van der Waals surface area contributed by atoms with E-state index in [0.29, 0.717) is 17.5 Å². The van der Waals surface area contributed by atoms with E-state index in [2.05, 4.69) is 5.32 Å². The number of carbonyl (C=O) groups is 1. The van der Waals surface area contributed by atoms with Crippen molar-refractivity contribution in [2.45, 2.75) is 32.8 Å². The van der Waals surface area contributed by atoms with E-state index in [1.807, 2.05) is 6.92 Å². The van der Waals surface area contributed by atoms with Gasteiger partial charge in [0.2, 0.25) is 0 Å². The summed E-state index contributed by atoms with van der Waals surface area (Å²) < 4.78 is 0. The van der Waals surface area contributed by atoms with Crippen LogP contribution in [0.3, 0.4) is 0 Å². The van der Waals surface area contributed by atoms with Gasteiger partial charge in [-0.1, -0.05) is 6.92 Å². The van der Waals surface area contributed by atoms with Gasteiger partial charge in [0.1, 0.15) is 5.75 Å². The average Bonchev–Trinajstić information content (AvgIpc) is 2.30. The lowest BCUT2D eigenvalue weighted by Crippen LogP contribution is -2.40. The van der Waals surface area contributed by atoms with E-state index < -0.39 is 5.60 Å². The highest BCUT2D eigenvalue weighted by molar-refractivity contribution is 5.94. The molecule has 0 fully saturated rings. The van der Waals surface area contributed by atoms with Crippen molar-refractivity contribution in [2.24, 2.45) is 0 Å². The van der Waals surface area contributed by atoms with Crippen LogP contribution in [0.5, 0.6) is 5.75 Å². The van der Waals surface area contributed by atoms with Crippen LogP contribution in [0, 0.1) is 6.92 Å². The van der Waals surface area contributed by atoms with Crippen molar-refractivity contribution >= 4 is 5.91 Å². The number of hydrogen-bond acceptors (Lipinski definition) is 3. The number of nitrogens with one attached hydrogen (secondary N) is 1. The molecule has 1 unspecified atom stereocenters. The maximum atomic E-state index is 11.8. The molecule has 0 aliphatic carbocycles. The van der Waals surface area contributed by atoms with E-state index in [4.69, 9.17) is 0 Å². The quantitative estimate of drug-likeness (QED) is 0.744. The van der Waals surface area contributed by atoms with Crippen LogP contribution in [0.25, 0.3) is 0 Å². The van der Waals surface area contributed by atoms with Gasteiger partial charge in [0.15, 0.2) is 0 Å². The molecule has 0 aliphatic heterocycles. The number of aromatic hydroxyl groups is 1. The fourth-order valence-electron chi connectivity index (χ4n) is 1.29. The summed E-state index contributed by atoms with van der Waals surface area (Å²) in [5, 5.41) is 21.8. The third kappa shape index (κ3) is 3.75. The fourth-order valence-corrected chi connectivity index (χ4v) is 1.29. The van der Waals surface area contributed by atoms with Crippen LogP contribution in [0.1, 0.15) is 36.2 Å². The Kier molecular flexibility index (Phi) is 4.12. The van der Waals surface area contributed by atoms with E-state index in [-0.39, 0.29) is 18.2 Å². The summed E-state index contributed by atoms with van der Waals surface area (Å²) in [4.78, 5) is 11.8. The van der Waals surface area contributed by atoms with E-state index in [0.717, 1.165) is 0 Å². The first-order valence-electron chi connectivity index (χ1n) is 5.66. The van der Waals surface area contributed by atoms with Crippen LogP contribution in [-0.4, -0.2) is 28.3 Å². The third-order valence-electron chi connectivity index (χ3n) is 2.85. The van der Waals surface area contributed by atoms with Crippen LogP contribution in [0.4, 0.5) is 0 Å². The number of carbonyl (C=O) groups excluding carboxylic acids is 1. The van der Waals surface area contributed by atoms with Crippen LogP contribution < -0.4 is 5.32 Å². The van der Waals surface area contributed by atoms with E-state index in [1.54, 1.807) is 26.0 Å². The first-order chi connectivity index (χ1) is 7.85. The highest BCUT2D eigenvalue weighted by Crippen LogP contribution is 2.17. The molecule has 4 heteroatoms.